The van der Waals surface area contributed by atoms with Crippen molar-refractivity contribution < 1.29 is 4.79 Å². The zero-order chi connectivity index (χ0) is 24.1. The van der Waals surface area contributed by atoms with Gasteiger partial charge in [0.15, 0.2) is 0 Å². The highest BCUT2D eigenvalue weighted by Crippen LogP contribution is 2.28. The molecule has 1 amide bonds. The van der Waals surface area contributed by atoms with Crippen LogP contribution in [-0.2, 0) is 6.42 Å². The van der Waals surface area contributed by atoms with Crippen molar-refractivity contribution in [3.63, 3.8) is 0 Å². The summed E-state index contributed by atoms with van der Waals surface area (Å²) in [4.78, 5) is 24.5. The maximum atomic E-state index is 13.4. The summed E-state index contributed by atoms with van der Waals surface area (Å²) >= 11 is 0. The van der Waals surface area contributed by atoms with E-state index in [0.29, 0.717) is 42.5 Å². The maximum absolute atomic E-state index is 13.4. The lowest BCUT2D eigenvalue weighted by Crippen LogP contribution is -2.30. The van der Waals surface area contributed by atoms with Crippen LogP contribution < -0.4 is 5.32 Å². The van der Waals surface area contributed by atoms with Gasteiger partial charge in [-0.25, -0.2) is 14.6 Å². The third-order valence-electron chi connectivity index (χ3n) is 5.84. The number of rotatable bonds is 8. The molecule has 2 aromatic heterocycles. The number of carbonyl (C=O) groups excluding carboxylic acids is 1. The average molecular weight is 455 g/mol. The Morgan fingerprint density at radius 3 is 2.24 bits per heavy atom. The highest BCUT2D eigenvalue weighted by atomic mass is 16.2. The molecular formula is C27H30N6O. The van der Waals surface area contributed by atoms with Gasteiger partial charge in [-0.3, -0.25) is 4.79 Å². The molecule has 7 nitrogen and oxygen atoms in total. The number of nitrogens with one attached hydrogen (secondary N) is 1. The lowest BCUT2D eigenvalue weighted by Gasteiger charge is -2.20. The van der Waals surface area contributed by atoms with Gasteiger partial charge in [0.1, 0.15) is 23.0 Å². The molecule has 0 aliphatic carbocycles. The first-order valence-corrected chi connectivity index (χ1v) is 11.6. The van der Waals surface area contributed by atoms with Gasteiger partial charge >= 0.3 is 0 Å². The number of carbonyl (C=O) groups is 1. The van der Waals surface area contributed by atoms with Gasteiger partial charge in [0, 0.05) is 30.8 Å². The molecule has 0 radical (unpaired) electrons. The summed E-state index contributed by atoms with van der Waals surface area (Å²) in [5, 5.41) is 8.05. The Kier molecular flexibility index (Phi) is 7.01. The van der Waals surface area contributed by atoms with E-state index < -0.39 is 0 Å². The highest BCUT2D eigenvalue weighted by Gasteiger charge is 2.24. The number of nitrogens with zero attached hydrogens (tertiary/aromatic N) is 5. The molecule has 0 saturated carbocycles. The molecular weight excluding hydrogens is 424 g/mol. The van der Waals surface area contributed by atoms with Crippen LogP contribution in [0.5, 0.6) is 0 Å². The molecule has 0 spiro atoms. The minimum atomic E-state index is -0.0678. The normalized spacial score (nSPS) is 10.8. The summed E-state index contributed by atoms with van der Waals surface area (Å²) < 4.78 is 1.76. The summed E-state index contributed by atoms with van der Waals surface area (Å²) in [6.07, 6.45) is 2.31. The van der Waals surface area contributed by atoms with Crippen LogP contribution in [0.25, 0.3) is 5.69 Å². The fraction of sp³-hybridized carbons (Fsp3) is 0.259. The molecule has 34 heavy (non-hydrogen) atoms. The standard InChI is InChI=1S/C27H30N6O/c1-5-32(6-2)27(34)24-18-28-33(22-15-11-8-12-16-22)26(24)31-25-23(19(3)29-20(4)30-25)17-21-13-9-7-10-14-21/h7-16,18H,5-6,17H2,1-4H3,(H,29,30,31). The Hall–Kier alpha value is -4.00. The van der Waals surface area contributed by atoms with Crippen molar-refractivity contribution in [2.45, 2.75) is 34.1 Å². The molecule has 174 valence electrons. The number of para-hydroxylation sites is 1. The van der Waals surface area contributed by atoms with Crippen molar-refractivity contribution in [3.8, 4) is 5.69 Å². The van der Waals surface area contributed by atoms with Gasteiger partial charge in [0.2, 0.25) is 0 Å². The lowest BCUT2D eigenvalue weighted by molar-refractivity contribution is 0.0774. The molecule has 0 bridgehead atoms. The van der Waals surface area contributed by atoms with E-state index in [0.717, 1.165) is 22.5 Å². The molecule has 0 fully saturated rings. The summed E-state index contributed by atoms with van der Waals surface area (Å²) in [6, 6.07) is 20.0. The summed E-state index contributed by atoms with van der Waals surface area (Å²) in [5.41, 5.74) is 4.42. The second-order valence-electron chi connectivity index (χ2n) is 8.10. The largest absolute Gasteiger partial charge is 0.339 e. The molecule has 1 N–H and O–H groups in total. The highest BCUT2D eigenvalue weighted by molar-refractivity contribution is 5.99. The van der Waals surface area contributed by atoms with Crippen molar-refractivity contribution in [1.29, 1.82) is 0 Å². The van der Waals surface area contributed by atoms with E-state index in [1.54, 1.807) is 15.8 Å². The number of aromatic nitrogens is 4. The number of hydrogen-bond acceptors (Lipinski definition) is 5. The predicted octanol–water partition coefficient (Wildman–Crippen LogP) is 5.10. The Labute approximate surface area is 200 Å². The van der Waals surface area contributed by atoms with Crippen LogP contribution in [0, 0.1) is 13.8 Å². The molecule has 2 heterocycles. The van der Waals surface area contributed by atoms with Crippen molar-refractivity contribution >= 4 is 17.5 Å². The van der Waals surface area contributed by atoms with Gasteiger partial charge in [0.25, 0.3) is 5.91 Å². The molecule has 0 unspecified atom stereocenters. The van der Waals surface area contributed by atoms with E-state index in [1.165, 1.54) is 0 Å². The molecule has 4 rings (SSSR count). The van der Waals surface area contributed by atoms with Gasteiger partial charge in [-0.05, 0) is 45.4 Å². The van der Waals surface area contributed by atoms with Crippen molar-refractivity contribution in [2.75, 3.05) is 18.4 Å². The minimum Gasteiger partial charge on any atom is -0.339 e. The number of hydrogen-bond donors (Lipinski definition) is 1. The third-order valence-corrected chi connectivity index (χ3v) is 5.84. The molecule has 0 atom stereocenters. The summed E-state index contributed by atoms with van der Waals surface area (Å²) in [7, 11) is 0. The monoisotopic (exact) mass is 454 g/mol. The lowest BCUT2D eigenvalue weighted by atomic mass is 10.0. The second kappa shape index (κ2) is 10.3. The molecule has 0 aliphatic rings. The first kappa shape index (κ1) is 23.2. The average Bonchev–Trinajstić information content (AvgIpc) is 3.26. The van der Waals surface area contributed by atoms with Crippen LogP contribution in [0.15, 0.2) is 66.9 Å². The van der Waals surface area contributed by atoms with Crippen molar-refractivity contribution in [3.05, 3.63) is 95.1 Å². The third kappa shape index (κ3) is 4.83. The van der Waals surface area contributed by atoms with Crippen LogP contribution in [-0.4, -0.2) is 43.6 Å². The Morgan fingerprint density at radius 2 is 1.59 bits per heavy atom. The Balaban J connectivity index is 1.83. The SMILES string of the molecule is CCN(CC)C(=O)c1cnn(-c2ccccc2)c1Nc1nc(C)nc(C)c1Cc1ccccc1. The first-order valence-electron chi connectivity index (χ1n) is 11.6. The van der Waals surface area contributed by atoms with Gasteiger partial charge in [-0.1, -0.05) is 48.5 Å². The van der Waals surface area contributed by atoms with Crippen LogP contribution in [0.2, 0.25) is 0 Å². The van der Waals surface area contributed by atoms with Gasteiger partial charge in [0.05, 0.1) is 11.9 Å². The molecule has 0 saturated heterocycles. The first-order chi connectivity index (χ1) is 16.5. The van der Waals surface area contributed by atoms with Crippen LogP contribution in [0.3, 0.4) is 0 Å². The number of amides is 1. The molecule has 4 aromatic rings. The van der Waals surface area contributed by atoms with Gasteiger partial charge in [-0.15, -0.1) is 0 Å². The summed E-state index contributed by atoms with van der Waals surface area (Å²) in [6.45, 7) is 9.07. The Bertz CT molecular complexity index is 1260. The topological polar surface area (TPSA) is 75.9 Å². The quantitative estimate of drug-likeness (QED) is 0.401. The van der Waals surface area contributed by atoms with Crippen molar-refractivity contribution in [2.24, 2.45) is 0 Å². The number of aryl methyl sites for hydroxylation is 2. The molecule has 2 aromatic carbocycles. The van der Waals surface area contributed by atoms with Gasteiger partial charge < -0.3 is 10.2 Å². The van der Waals surface area contributed by atoms with E-state index in [1.807, 2.05) is 76.2 Å². The predicted molar refractivity (Wildman–Crippen MR) is 135 cm³/mol. The number of anilines is 2. The Morgan fingerprint density at radius 1 is 0.941 bits per heavy atom. The van der Waals surface area contributed by atoms with Crippen LogP contribution >= 0.6 is 0 Å². The summed E-state index contributed by atoms with van der Waals surface area (Å²) in [5.74, 6) is 1.87. The van der Waals surface area contributed by atoms with E-state index in [2.05, 4.69) is 27.5 Å². The molecule has 0 aliphatic heterocycles. The zero-order valence-electron chi connectivity index (χ0n) is 20.1. The van der Waals surface area contributed by atoms with E-state index >= 15 is 0 Å². The minimum absolute atomic E-state index is 0.0678. The maximum Gasteiger partial charge on any atom is 0.259 e. The van der Waals surface area contributed by atoms with E-state index in [4.69, 9.17) is 4.98 Å². The fourth-order valence-corrected chi connectivity index (χ4v) is 4.03. The fourth-order valence-electron chi connectivity index (χ4n) is 4.03. The van der Waals surface area contributed by atoms with Crippen LogP contribution in [0.4, 0.5) is 11.6 Å². The molecule has 7 heteroatoms. The van der Waals surface area contributed by atoms with Gasteiger partial charge in [-0.2, -0.15) is 5.10 Å². The number of benzene rings is 2. The van der Waals surface area contributed by atoms with Crippen molar-refractivity contribution in [1.82, 2.24) is 24.6 Å². The smallest absolute Gasteiger partial charge is 0.259 e. The van der Waals surface area contributed by atoms with Crippen LogP contribution in [0.1, 0.15) is 46.9 Å². The second-order valence-corrected chi connectivity index (χ2v) is 8.10. The van der Waals surface area contributed by atoms with E-state index in [-0.39, 0.29) is 5.91 Å². The van der Waals surface area contributed by atoms with E-state index in [9.17, 15) is 4.79 Å². The zero-order valence-corrected chi connectivity index (χ0v) is 20.1.